The molecule has 0 aromatic heterocycles. The van der Waals surface area contributed by atoms with Crippen molar-refractivity contribution in [3.63, 3.8) is 0 Å². The summed E-state index contributed by atoms with van der Waals surface area (Å²) in [5.41, 5.74) is 0.641. The Kier molecular flexibility index (Phi) is 5.51. The molecule has 1 aromatic rings. The lowest BCUT2D eigenvalue weighted by Crippen LogP contribution is -2.41. The molecule has 6 heteroatoms. The van der Waals surface area contributed by atoms with Crippen LogP contribution in [0.15, 0.2) is 18.2 Å². The molecule has 6 nitrogen and oxygen atoms in total. The van der Waals surface area contributed by atoms with Gasteiger partial charge in [-0.2, -0.15) is 0 Å². The smallest absolute Gasteiger partial charge is 0.237 e. The maximum Gasteiger partial charge on any atom is 0.237 e. The summed E-state index contributed by atoms with van der Waals surface area (Å²) >= 11 is 0. The second-order valence-corrected chi connectivity index (χ2v) is 7.36. The molecule has 1 saturated carbocycles. The van der Waals surface area contributed by atoms with Gasteiger partial charge in [-0.25, -0.2) is 0 Å². The first-order valence-electron chi connectivity index (χ1n) is 9.32. The number of benzene rings is 1. The number of imide groups is 1. The molecule has 1 spiro atoms. The first kappa shape index (κ1) is 18.7. The molecule has 2 fully saturated rings. The first-order chi connectivity index (χ1) is 12.5. The number of hydrogen-bond donors (Lipinski definition) is 0. The Hall–Kier alpha value is -2.08. The lowest BCUT2D eigenvalue weighted by atomic mass is 9.85. The number of carbonyl (C=O) groups is 2. The zero-order valence-electron chi connectivity index (χ0n) is 15.9. The van der Waals surface area contributed by atoms with E-state index in [9.17, 15) is 9.59 Å². The van der Waals surface area contributed by atoms with E-state index in [-0.39, 0.29) is 11.8 Å². The van der Waals surface area contributed by atoms with Crippen molar-refractivity contribution < 1.29 is 19.1 Å². The van der Waals surface area contributed by atoms with Crippen LogP contribution in [-0.4, -0.2) is 49.0 Å². The largest absolute Gasteiger partial charge is 0.493 e. The molecule has 1 aromatic carbocycles. The van der Waals surface area contributed by atoms with E-state index < -0.39 is 5.41 Å². The molecular weight excluding hydrogens is 332 g/mol. The van der Waals surface area contributed by atoms with Crippen molar-refractivity contribution in [2.24, 2.45) is 5.41 Å². The van der Waals surface area contributed by atoms with Crippen LogP contribution in [0.2, 0.25) is 0 Å². The van der Waals surface area contributed by atoms with E-state index in [2.05, 4.69) is 0 Å². The Morgan fingerprint density at radius 2 is 1.92 bits per heavy atom. The molecule has 0 unspecified atom stereocenters. The van der Waals surface area contributed by atoms with E-state index in [1.54, 1.807) is 7.11 Å². The molecule has 0 bridgehead atoms. The van der Waals surface area contributed by atoms with Crippen LogP contribution in [-0.2, 0) is 16.1 Å². The third kappa shape index (κ3) is 3.56. The van der Waals surface area contributed by atoms with Crippen LogP contribution in [0.5, 0.6) is 11.5 Å². The molecule has 1 saturated heterocycles. The number of rotatable bonds is 7. The van der Waals surface area contributed by atoms with Gasteiger partial charge in [-0.1, -0.05) is 18.9 Å². The van der Waals surface area contributed by atoms with Gasteiger partial charge in [0.2, 0.25) is 11.8 Å². The zero-order chi connectivity index (χ0) is 18.7. The van der Waals surface area contributed by atoms with Crippen molar-refractivity contribution in [1.82, 2.24) is 9.80 Å². The van der Waals surface area contributed by atoms with Crippen molar-refractivity contribution in [2.75, 3.05) is 27.4 Å². The first-order valence-corrected chi connectivity index (χ1v) is 9.32. The van der Waals surface area contributed by atoms with Gasteiger partial charge in [0.05, 0.1) is 25.8 Å². The van der Waals surface area contributed by atoms with Gasteiger partial charge < -0.3 is 9.47 Å². The third-order valence-electron chi connectivity index (χ3n) is 5.41. The minimum Gasteiger partial charge on any atom is -0.493 e. The Morgan fingerprint density at radius 1 is 1.19 bits per heavy atom. The molecule has 1 aliphatic carbocycles. The molecule has 0 radical (unpaired) electrons. The second-order valence-electron chi connectivity index (χ2n) is 7.36. The Morgan fingerprint density at radius 3 is 2.58 bits per heavy atom. The highest BCUT2D eigenvalue weighted by Gasteiger charge is 2.52. The van der Waals surface area contributed by atoms with E-state index in [0.717, 1.165) is 37.0 Å². The number of likely N-dealkylation sites (tertiary alicyclic amines) is 1. The molecule has 0 atom stereocenters. The maximum absolute atomic E-state index is 12.8. The zero-order valence-corrected chi connectivity index (χ0v) is 15.9. The lowest BCUT2D eigenvalue weighted by Gasteiger charge is -2.25. The third-order valence-corrected chi connectivity index (χ3v) is 5.41. The van der Waals surface area contributed by atoms with Crippen LogP contribution >= 0.6 is 0 Å². The number of methoxy groups -OCH3 is 1. The van der Waals surface area contributed by atoms with Gasteiger partial charge in [0.15, 0.2) is 11.5 Å². The molecule has 2 aliphatic rings. The standard InChI is InChI=1S/C20H28N2O4/c1-4-26-16-8-7-15(11-17(16)25-3)13-21(2)14-22-18(23)12-20(19(22)24)9-5-6-10-20/h7-8,11H,4-6,9-10,12-14H2,1-3H3. The summed E-state index contributed by atoms with van der Waals surface area (Å²) < 4.78 is 10.9. The van der Waals surface area contributed by atoms with E-state index in [1.807, 2.05) is 37.1 Å². The van der Waals surface area contributed by atoms with Crippen molar-refractivity contribution in [1.29, 1.82) is 0 Å². The molecule has 142 valence electrons. The van der Waals surface area contributed by atoms with E-state index >= 15 is 0 Å². The van der Waals surface area contributed by atoms with Gasteiger partial charge >= 0.3 is 0 Å². The van der Waals surface area contributed by atoms with Gasteiger partial charge in [0.25, 0.3) is 0 Å². The van der Waals surface area contributed by atoms with Gasteiger partial charge in [0.1, 0.15) is 0 Å². The van der Waals surface area contributed by atoms with Crippen LogP contribution in [0.4, 0.5) is 0 Å². The van der Waals surface area contributed by atoms with Crippen LogP contribution in [0.1, 0.15) is 44.6 Å². The molecule has 3 rings (SSSR count). The average molecular weight is 360 g/mol. The summed E-state index contributed by atoms with van der Waals surface area (Å²) in [6, 6.07) is 5.81. The molecule has 1 aliphatic heterocycles. The number of ether oxygens (including phenoxy) is 2. The van der Waals surface area contributed by atoms with E-state index in [4.69, 9.17) is 9.47 Å². The fraction of sp³-hybridized carbons (Fsp3) is 0.600. The second kappa shape index (κ2) is 7.66. The Balaban J connectivity index is 1.64. The van der Waals surface area contributed by atoms with Crippen LogP contribution in [0.3, 0.4) is 0 Å². The van der Waals surface area contributed by atoms with Crippen LogP contribution < -0.4 is 9.47 Å². The highest BCUT2D eigenvalue weighted by Crippen LogP contribution is 2.46. The lowest BCUT2D eigenvalue weighted by molar-refractivity contribution is -0.143. The van der Waals surface area contributed by atoms with Gasteiger partial charge in [-0.3, -0.25) is 19.4 Å². The normalized spacial score (nSPS) is 19.0. The van der Waals surface area contributed by atoms with Crippen molar-refractivity contribution in [3.05, 3.63) is 23.8 Å². The predicted octanol–water partition coefficient (Wildman–Crippen LogP) is 2.80. The highest BCUT2D eigenvalue weighted by molar-refractivity contribution is 6.06. The molecule has 0 N–H and O–H groups in total. The summed E-state index contributed by atoms with van der Waals surface area (Å²) in [5.74, 6) is 1.40. The van der Waals surface area contributed by atoms with Crippen molar-refractivity contribution in [3.8, 4) is 11.5 Å². The Labute approximate surface area is 155 Å². The number of amides is 2. The summed E-state index contributed by atoms with van der Waals surface area (Å²) in [5, 5.41) is 0. The SMILES string of the molecule is CCOc1ccc(CN(C)CN2C(=O)CC3(CCCC3)C2=O)cc1OC. The van der Waals surface area contributed by atoms with Crippen molar-refractivity contribution >= 4 is 11.8 Å². The Bertz CT molecular complexity index is 682. The summed E-state index contributed by atoms with van der Waals surface area (Å²) in [6.07, 6.45) is 4.20. The predicted molar refractivity (Wildman–Crippen MR) is 97.9 cm³/mol. The number of hydrogen-bond acceptors (Lipinski definition) is 5. The topological polar surface area (TPSA) is 59.1 Å². The highest BCUT2D eigenvalue weighted by atomic mass is 16.5. The van der Waals surface area contributed by atoms with Crippen molar-refractivity contribution in [2.45, 2.75) is 45.6 Å². The quantitative estimate of drug-likeness (QED) is 0.700. The van der Waals surface area contributed by atoms with E-state index in [0.29, 0.717) is 32.0 Å². The molecular formula is C20H28N2O4. The van der Waals surface area contributed by atoms with Gasteiger partial charge in [0, 0.05) is 13.0 Å². The fourth-order valence-corrected chi connectivity index (χ4v) is 4.13. The van der Waals surface area contributed by atoms with Gasteiger partial charge in [-0.05, 0) is 44.5 Å². The minimum atomic E-state index is -0.402. The summed E-state index contributed by atoms with van der Waals surface area (Å²) in [6.45, 7) is 3.46. The van der Waals surface area contributed by atoms with Crippen LogP contribution in [0.25, 0.3) is 0 Å². The monoisotopic (exact) mass is 360 g/mol. The minimum absolute atomic E-state index is 0.0242. The average Bonchev–Trinajstić information content (AvgIpc) is 3.17. The number of nitrogens with zero attached hydrogens (tertiary/aromatic N) is 2. The molecule has 26 heavy (non-hydrogen) atoms. The molecule has 2 amide bonds. The van der Waals surface area contributed by atoms with Crippen LogP contribution in [0, 0.1) is 5.41 Å². The van der Waals surface area contributed by atoms with E-state index in [1.165, 1.54) is 4.90 Å². The summed E-state index contributed by atoms with van der Waals surface area (Å²) in [7, 11) is 3.54. The maximum atomic E-state index is 12.8. The summed E-state index contributed by atoms with van der Waals surface area (Å²) in [4.78, 5) is 28.6. The fourth-order valence-electron chi connectivity index (χ4n) is 4.13. The number of carbonyl (C=O) groups excluding carboxylic acids is 2. The molecule has 1 heterocycles. The van der Waals surface area contributed by atoms with Gasteiger partial charge in [-0.15, -0.1) is 0 Å².